The largest absolute Gasteiger partial charge is 0.351 e. The summed E-state index contributed by atoms with van der Waals surface area (Å²) in [6, 6.07) is 6.80. The normalized spacial score (nSPS) is 19.0. The topological polar surface area (TPSA) is 48.4 Å². The molecule has 6 nitrogen and oxygen atoms in total. The van der Waals surface area contributed by atoms with Crippen LogP contribution < -0.4 is 14.7 Å². The van der Waals surface area contributed by atoms with E-state index in [1.165, 1.54) is 17.6 Å². The summed E-state index contributed by atoms with van der Waals surface area (Å²) >= 11 is 13.8. The molecule has 0 N–H and O–H groups in total. The molecule has 1 atom stereocenters. The number of rotatable bonds is 4. The Kier molecular flexibility index (Phi) is 6.16. The fourth-order valence-corrected chi connectivity index (χ4v) is 5.46. The van der Waals surface area contributed by atoms with Gasteiger partial charge in [0.05, 0.1) is 15.7 Å². The van der Waals surface area contributed by atoms with Gasteiger partial charge in [0.1, 0.15) is 11.6 Å². The van der Waals surface area contributed by atoms with Crippen LogP contribution in [0.25, 0.3) is 11.3 Å². The van der Waals surface area contributed by atoms with Crippen LogP contribution in [0.4, 0.5) is 22.0 Å². The van der Waals surface area contributed by atoms with Crippen molar-refractivity contribution in [2.75, 3.05) is 40.9 Å². The molecule has 5 rings (SSSR count). The lowest BCUT2D eigenvalue weighted by Gasteiger charge is -2.41. The van der Waals surface area contributed by atoms with Crippen LogP contribution >= 0.6 is 34.7 Å². The summed E-state index contributed by atoms with van der Waals surface area (Å²) in [7, 11) is 0. The van der Waals surface area contributed by atoms with Gasteiger partial charge in [-0.05, 0) is 49.5 Å². The van der Waals surface area contributed by atoms with E-state index in [4.69, 9.17) is 33.2 Å². The maximum Gasteiger partial charge on any atom is 0.232 e. The zero-order chi connectivity index (χ0) is 23.1. The number of aromatic nitrogens is 3. The Morgan fingerprint density at radius 3 is 2.64 bits per heavy atom. The lowest BCUT2D eigenvalue weighted by molar-refractivity contribution is 0.543. The average Bonchev–Trinajstić information content (AvgIpc) is 3.43. The molecule has 33 heavy (non-hydrogen) atoms. The van der Waals surface area contributed by atoms with Crippen molar-refractivity contribution in [1.29, 1.82) is 0 Å². The molecule has 0 bridgehead atoms. The highest BCUT2D eigenvalue weighted by Gasteiger charge is 2.29. The molecule has 2 aromatic heterocycles. The molecule has 0 amide bonds. The molecular formula is C23H23Cl2FN6S. The minimum atomic E-state index is -0.451. The Balaban J connectivity index is 1.50. The molecule has 0 spiro atoms. The van der Waals surface area contributed by atoms with Crippen molar-refractivity contribution in [2.45, 2.75) is 25.8 Å². The Labute approximate surface area is 206 Å². The number of piperazine rings is 1. The molecule has 2 saturated heterocycles. The molecule has 10 heteroatoms. The van der Waals surface area contributed by atoms with E-state index in [2.05, 4.69) is 32.6 Å². The molecule has 1 aromatic carbocycles. The first-order chi connectivity index (χ1) is 15.9. The van der Waals surface area contributed by atoms with E-state index in [-0.39, 0.29) is 11.1 Å². The predicted octanol–water partition coefficient (Wildman–Crippen LogP) is 5.88. The number of hydrogen-bond acceptors (Lipinski definition) is 7. The molecule has 2 aliphatic rings. The van der Waals surface area contributed by atoms with Crippen LogP contribution in [-0.2, 0) is 0 Å². The molecule has 4 heterocycles. The maximum absolute atomic E-state index is 13.8. The summed E-state index contributed by atoms with van der Waals surface area (Å²) < 4.78 is 18.2. The van der Waals surface area contributed by atoms with Gasteiger partial charge in [0, 0.05) is 54.9 Å². The Bertz CT molecular complexity index is 1200. The van der Waals surface area contributed by atoms with E-state index in [1.54, 1.807) is 12.1 Å². The smallest absolute Gasteiger partial charge is 0.232 e. The summed E-state index contributed by atoms with van der Waals surface area (Å²) in [6.07, 6.45) is 1.95. The second kappa shape index (κ2) is 9.08. The second-order valence-electron chi connectivity index (χ2n) is 8.34. The fraction of sp³-hybridized carbons (Fsp3) is 0.348. The summed E-state index contributed by atoms with van der Waals surface area (Å²) in [5.41, 5.74) is 2.46. The first kappa shape index (κ1) is 22.4. The minimum absolute atomic E-state index is 0.0712. The van der Waals surface area contributed by atoms with Crippen molar-refractivity contribution in [3.63, 3.8) is 0 Å². The zero-order valence-electron chi connectivity index (χ0n) is 18.1. The average molecular weight is 505 g/mol. The Morgan fingerprint density at radius 2 is 1.97 bits per heavy atom. The molecule has 0 saturated carbocycles. The fourth-order valence-electron chi connectivity index (χ4n) is 4.39. The van der Waals surface area contributed by atoms with Crippen molar-refractivity contribution < 1.29 is 4.39 Å². The summed E-state index contributed by atoms with van der Waals surface area (Å²) in [4.78, 5) is 16.3. The standard InChI is InChI=1S/C23H23Cl2FN6S/c1-14-4-3-7-32(14)23-27-20(16-5-6-19(26)17(24)10-16)11-21(28-23)31-9-8-30(12-15(31)2)22-18(25)13-33-29-22/h5-6,10-11,13,15H,1,3-4,7-9,12H2,2H3. The highest BCUT2D eigenvalue weighted by Crippen LogP contribution is 2.33. The third-order valence-electron chi connectivity index (χ3n) is 6.12. The highest BCUT2D eigenvalue weighted by molar-refractivity contribution is 7.04. The number of nitrogens with zero attached hydrogens (tertiary/aromatic N) is 6. The van der Waals surface area contributed by atoms with Gasteiger partial charge >= 0.3 is 0 Å². The minimum Gasteiger partial charge on any atom is -0.351 e. The molecule has 2 fully saturated rings. The molecular weight excluding hydrogens is 482 g/mol. The van der Waals surface area contributed by atoms with Gasteiger partial charge in [-0.3, -0.25) is 0 Å². The van der Waals surface area contributed by atoms with Gasteiger partial charge in [0.2, 0.25) is 5.95 Å². The van der Waals surface area contributed by atoms with Gasteiger partial charge in [-0.2, -0.15) is 9.36 Å². The second-order valence-corrected chi connectivity index (χ2v) is 9.78. The number of allylic oxidation sites excluding steroid dienone is 1. The Morgan fingerprint density at radius 1 is 1.12 bits per heavy atom. The van der Waals surface area contributed by atoms with E-state index < -0.39 is 5.82 Å². The molecule has 3 aromatic rings. The van der Waals surface area contributed by atoms with Crippen molar-refractivity contribution in [3.05, 3.63) is 57.8 Å². The monoisotopic (exact) mass is 504 g/mol. The lowest BCUT2D eigenvalue weighted by atomic mass is 10.1. The highest BCUT2D eigenvalue weighted by atomic mass is 35.5. The number of hydrogen-bond donors (Lipinski definition) is 0. The molecule has 2 aliphatic heterocycles. The number of benzene rings is 1. The third-order valence-corrected chi connectivity index (χ3v) is 7.43. The molecule has 0 radical (unpaired) electrons. The van der Waals surface area contributed by atoms with Gasteiger partial charge in [-0.15, -0.1) is 0 Å². The first-order valence-corrected chi connectivity index (χ1v) is 12.4. The first-order valence-electron chi connectivity index (χ1n) is 10.8. The van der Waals surface area contributed by atoms with E-state index in [0.29, 0.717) is 16.7 Å². The van der Waals surface area contributed by atoms with Crippen LogP contribution in [0.3, 0.4) is 0 Å². The van der Waals surface area contributed by atoms with Gasteiger partial charge in [-0.25, -0.2) is 9.37 Å². The Hall–Kier alpha value is -2.42. The van der Waals surface area contributed by atoms with Crippen LogP contribution in [-0.4, -0.2) is 46.6 Å². The SMILES string of the molecule is C=C1CCCN1c1nc(-c2ccc(F)c(Cl)c2)cc(N2CCN(c3nscc3Cl)CC2C)n1. The van der Waals surface area contributed by atoms with E-state index in [1.807, 2.05) is 11.4 Å². The maximum atomic E-state index is 13.8. The molecule has 0 aliphatic carbocycles. The van der Waals surface area contributed by atoms with E-state index in [0.717, 1.165) is 61.9 Å². The summed E-state index contributed by atoms with van der Waals surface area (Å²) in [6.45, 7) is 9.49. The molecule has 172 valence electrons. The molecule has 1 unspecified atom stereocenters. The third kappa shape index (κ3) is 4.39. The van der Waals surface area contributed by atoms with Gasteiger partial charge in [0.25, 0.3) is 0 Å². The quantitative estimate of drug-likeness (QED) is 0.442. The summed E-state index contributed by atoms with van der Waals surface area (Å²) in [5, 5.41) is 2.61. The van der Waals surface area contributed by atoms with Gasteiger partial charge in [-0.1, -0.05) is 29.8 Å². The zero-order valence-corrected chi connectivity index (χ0v) is 20.5. The van der Waals surface area contributed by atoms with Crippen LogP contribution in [0.1, 0.15) is 19.8 Å². The van der Waals surface area contributed by atoms with Crippen molar-refractivity contribution >= 4 is 52.3 Å². The van der Waals surface area contributed by atoms with Crippen LogP contribution in [0.2, 0.25) is 10.0 Å². The van der Waals surface area contributed by atoms with Crippen molar-refractivity contribution in [1.82, 2.24) is 14.3 Å². The van der Waals surface area contributed by atoms with Crippen LogP contribution in [0.15, 0.2) is 41.9 Å². The lowest BCUT2D eigenvalue weighted by Crippen LogP contribution is -2.52. The van der Waals surface area contributed by atoms with E-state index >= 15 is 0 Å². The van der Waals surface area contributed by atoms with E-state index in [9.17, 15) is 4.39 Å². The summed E-state index contributed by atoms with van der Waals surface area (Å²) in [5.74, 6) is 1.83. The van der Waals surface area contributed by atoms with Gasteiger partial charge in [0.15, 0.2) is 5.82 Å². The van der Waals surface area contributed by atoms with Gasteiger partial charge < -0.3 is 14.7 Å². The van der Waals surface area contributed by atoms with Crippen molar-refractivity contribution in [2.24, 2.45) is 0 Å². The predicted molar refractivity (Wildman–Crippen MR) is 134 cm³/mol. The van der Waals surface area contributed by atoms with Crippen LogP contribution in [0.5, 0.6) is 0 Å². The van der Waals surface area contributed by atoms with Crippen LogP contribution in [0, 0.1) is 5.82 Å². The van der Waals surface area contributed by atoms with Crippen molar-refractivity contribution in [3.8, 4) is 11.3 Å². The number of anilines is 3. The number of halogens is 3.